The minimum absolute atomic E-state index is 0.0231. The van der Waals surface area contributed by atoms with Crippen molar-refractivity contribution in [3.63, 3.8) is 0 Å². The van der Waals surface area contributed by atoms with Crippen LogP contribution in [0.2, 0.25) is 0 Å². The van der Waals surface area contributed by atoms with Crippen LogP contribution in [0.3, 0.4) is 0 Å². The van der Waals surface area contributed by atoms with Crippen LogP contribution in [0.5, 0.6) is 0 Å². The molecular formula is C16H23F3N2O. The standard InChI is InChI=1S/C16H23F3N2O/c1-2-15(22)8-11-7-13(20)10-21(9-11)14-5-3-12(4-6-14)16(17,18)19/h3-6,11,13,15,22H,2,7-10,20H2,1H3. The van der Waals surface area contributed by atoms with Gasteiger partial charge in [-0.25, -0.2) is 0 Å². The van der Waals surface area contributed by atoms with Crippen LogP contribution in [0, 0.1) is 5.92 Å². The molecule has 1 aliphatic rings. The van der Waals surface area contributed by atoms with E-state index >= 15 is 0 Å². The van der Waals surface area contributed by atoms with E-state index in [1.165, 1.54) is 12.1 Å². The molecule has 0 saturated carbocycles. The van der Waals surface area contributed by atoms with E-state index in [4.69, 9.17) is 5.73 Å². The van der Waals surface area contributed by atoms with Crippen LogP contribution < -0.4 is 10.6 Å². The average molecular weight is 316 g/mol. The molecule has 22 heavy (non-hydrogen) atoms. The van der Waals surface area contributed by atoms with E-state index in [1.807, 2.05) is 11.8 Å². The smallest absolute Gasteiger partial charge is 0.393 e. The lowest BCUT2D eigenvalue weighted by Crippen LogP contribution is -2.47. The lowest BCUT2D eigenvalue weighted by Gasteiger charge is -2.38. The molecule has 3 unspecified atom stereocenters. The molecule has 0 radical (unpaired) electrons. The minimum atomic E-state index is -4.31. The molecule has 0 amide bonds. The number of piperidine rings is 1. The van der Waals surface area contributed by atoms with Crippen molar-refractivity contribution in [3.8, 4) is 0 Å². The van der Waals surface area contributed by atoms with Gasteiger partial charge >= 0.3 is 6.18 Å². The second kappa shape index (κ2) is 6.87. The molecule has 1 aliphatic heterocycles. The number of benzene rings is 1. The largest absolute Gasteiger partial charge is 0.416 e. The minimum Gasteiger partial charge on any atom is -0.393 e. The van der Waals surface area contributed by atoms with E-state index in [0.717, 1.165) is 30.8 Å². The molecule has 3 nitrogen and oxygen atoms in total. The molecule has 2 rings (SSSR count). The zero-order valence-corrected chi connectivity index (χ0v) is 12.7. The Morgan fingerprint density at radius 2 is 1.91 bits per heavy atom. The Morgan fingerprint density at radius 3 is 2.45 bits per heavy atom. The Labute approximate surface area is 128 Å². The van der Waals surface area contributed by atoms with E-state index < -0.39 is 11.7 Å². The van der Waals surface area contributed by atoms with Crippen LogP contribution in [-0.2, 0) is 6.18 Å². The number of aliphatic hydroxyl groups is 1. The first-order chi connectivity index (χ1) is 10.3. The zero-order valence-electron chi connectivity index (χ0n) is 12.7. The van der Waals surface area contributed by atoms with Crippen LogP contribution in [0.4, 0.5) is 18.9 Å². The molecule has 3 atom stereocenters. The molecule has 0 aliphatic carbocycles. The van der Waals surface area contributed by atoms with Crippen molar-refractivity contribution in [1.29, 1.82) is 0 Å². The van der Waals surface area contributed by atoms with Gasteiger partial charge in [-0.15, -0.1) is 0 Å². The number of hydrogen-bond acceptors (Lipinski definition) is 3. The molecule has 1 heterocycles. The number of hydrogen-bond donors (Lipinski definition) is 2. The van der Waals surface area contributed by atoms with Crippen molar-refractivity contribution in [2.24, 2.45) is 11.7 Å². The first-order valence-corrected chi connectivity index (χ1v) is 7.65. The van der Waals surface area contributed by atoms with Crippen LogP contribution >= 0.6 is 0 Å². The van der Waals surface area contributed by atoms with Gasteiger partial charge in [-0.05, 0) is 49.4 Å². The van der Waals surface area contributed by atoms with Crippen LogP contribution in [-0.4, -0.2) is 30.3 Å². The Balaban J connectivity index is 2.07. The lowest BCUT2D eigenvalue weighted by atomic mass is 9.89. The monoisotopic (exact) mass is 316 g/mol. The van der Waals surface area contributed by atoms with Gasteiger partial charge in [-0.2, -0.15) is 13.2 Å². The van der Waals surface area contributed by atoms with Crippen molar-refractivity contribution < 1.29 is 18.3 Å². The molecule has 6 heteroatoms. The van der Waals surface area contributed by atoms with Crippen LogP contribution in [0.15, 0.2) is 24.3 Å². The number of anilines is 1. The number of nitrogens with zero attached hydrogens (tertiary/aromatic N) is 1. The van der Waals surface area contributed by atoms with Crippen molar-refractivity contribution in [2.75, 3.05) is 18.0 Å². The Hall–Kier alpha value is -1.27. The Kier molecular flexibility index (Phi) is 5.34. The summed E-state index contributed by atoms with van der Waals surface area (Å²) >= 11 is 0. The highest BCUT2D eigenvalue weighted by Crippen LogP contribution is 2.32. The zero-order chi connectivity index (χ0) is 16.3. The topological polar surface area (TPSA) is 49.5 Å². The maximum absolute atomic E-state index is 12.6. The second-order valence-corrected chi connectivity index (χ2v) is 6.11. The van der Waals surface area contributed by atoms with E-state index in [9.17, 15) is 18.3 Å². The normalized spacial score (nSPS) is 24.4. The molecule has 0 bridgehead atoms. The summed E-state index contributed by atoms with van der Waals surface area (Å²) in [7, 11) is 0. The first kappa shape index (κ1) is 17.1. The fourth-order valence-corrected chi connectivity index (χ4v) is 3.04. The Bertz CT molecular complexity index is 475. The SMILES string of the molecule is CCC(O)CC1CC(N)CN(c2ccc(C(F)(F)F)cc2)C1. The van der Waals surface area contributed by atoms with Crippen molar-refractivity contribution in [1.82, 2.24) is 0 Å². The quantitative estimate of drug-likeness (QED) is 0.898. The number of nitrogens with two attached hydrogens (primary N) is 1. The number of rotatable bonds is 4. The van der Waals surface area contributed by atoms with Crippen molar-refractivity contribution >= 4 is 5.69 Å². The number of aliphatic hydroxyl groups excluding tert-OH is 1. The molecule has 0 aromatic heterocycles. The predicted octanol–water partition coefficient (Wildman–Crippen LogP) is 3.02. The average Bonchev–Trinajstić information content (AvgIpc) is 2.45. The summed E-state index contributed by atoms with van der Waals surface area (Å²) in [6.45, 7) is 3.28. The van der Waals surface area contributed by atoms with E-state index in [0.29, 0.717) is 19.4 Å². The molecule has 1 aromatic carbocycles. The summed E-state index contributed by atoms with van der Waals surface area (Å²) in [4.78, 5) is 2.02. The fraction of sp³-hybridized carbons (Fsp3) is 0.625. The van der Waals surface area contributed by atoms with Gasteiger partial charge in [0.05, 0.1) is 11.7 Å². The summed E-state index contributed by atoms with van der Waals surface area (Å²) in [5, 5.41) is 9.79. The number of alkyl halides is 3. The number of halogens is 3. The van der Waals surface area contributed by atoms with Gasteiger partial charge in [0.2, 0.25) is 0 Å². The third-order valence-corrected chi connectivity index (χ3v) is 4.21. The van der Waals surface area contributed by atoms with Gasteiger partial charge in [0.25, 0.3) is 0 Å². The van der Waals surface area contributed by atoms with Crippen LogP contribution in [0.1, 0.15) is 31.7 Å². The molecule has 1 aromatic rings. The van der Waals surface area contributed by atoms with Gasteiger partial charge < -0.3 is 15.7 Å². The summed E-state index contributed by atoms with van der Waals surface area (Å²) in [6, 6.07) is 5.17. The maximum atomic E-state index is 12.6. The van der Waals surface area contributed by atoms with Gasteiger partial charge in [0.15, 0.2) is 0 Å². The predicted molar refractivity (Wildman–Crippen MR) is 80.7 cm³/mol. The Morgan fingerprint density at radius 1 is 1.27 bits per heavy atom. The van der Waals surface area contributed by atoms with Crippen LogP contribution in [0.25, 0.3) is 0 Å². The van der Waals surface area contributed by atoms with Gasteiger partial charge in [0.1, 0.15) is 0 Å². The highest BCUT2D eigenvalue weighted by atomic mass is 19.4. The van der Waals surface area contributed by atoms with Gasteiger partial charge in [-0.3, -0.25) is 0 Å². The summed E-state index contributed by atoms with van der Waals surface area (Å²) in [5.41, 5.74) is 6.17. The van der Waals surface area contributed by atoms with Gasteiger partial charge in [-0.1, -0.05) is 6.92 Å². The molecular weight excluding hydrogens is 293 g/mol. The molecule has 1 saturated heterocycles. The third kappa shape index (κ3) is 4.36. The molecule has 124 valence electrons. The molecule has 3 N–H and O–H groups in total. The lowest BCUT2D eigenvalue weighted by molar-refractivity contribution is -0.137. The summed E-state index contributed by atoms with van der Waals surface area (Å²) < 4.78 is 37.8. The fourth-order valence-electron chi connectivity index (χ4n) is 3.04. The highest BCUT2D eigenvalue weighted by molar-refractivity contribution is 5.48. The summed E-state index contributed by atoms with van der Waals surface area (Å²) in [6.07, 6.45) is -2.43. The second-order valence-electron chi connectivity index (χ2n) is 6.11. The van der Waals surface area contributed by atoms with E-state index in [-0.39, 0.29) is 18.1 Å². The molecule has 1 fully saturated rings. The maximum Gasteiger partial charge on any atom is 0.416 e. The summed E-state index contributed by atoms with van der Waals surface area (Å²) in [5.74, 6) is 0.265. The third-order valence-electron chi connectivity index (χ3n) is 4.21. The van der Waals surface area contributed by atoms with Crippen molar-refractivity contribution in [3.05, 3.63) is 29.8 Å². The van der Waals surface area contributed by atoms with Crippen molar-refractivity contribution in [2.45, 2.75) is 44.5 Å². The van der Waals surface area contributed by atoms with Gasteiger partial charge in [0, 0.05) is 24.8 Å². The van der Waals surface area contributed by atoms with E-state index in [1.54, 1.807) is 0 Å². The highest BCUT2D eigenvalue weighted by Gasteiger charge is 2.31. The molecule has 0 spiro atoms. The van der Waals surface area contributed by atoms with E-state index in [2.05, 4.69) is 0 Å². The first-order valence-electron chi connectivity index (χ1n) is 7.65.